The van der Waals surface area contributed by atoms with E-state index in [1.165, 1.54) is 50.8 Å². The van der Waals surface area contributed by atoms with Crippen LogP contribution in [0.3, 0.4) is 0 Å². The van der Waals surface area contributed by atoms with E-state index >= 15 is 0 Å². The van der Waals surface area contributed by atoms with Crippen LogP contribution in [0.5, 0.6) is 0 Å². The van der Waals surface area contributed by atoms with Gasteiger partial charge in [0.1, 0.15) is 0 Å². The van der Waals surface area contributed by atoms with Crippen molar-refractivity contribution in [3.8, 4) is 0 Å². The fourth-order valence-corrected chi connectivity index (χ4v) is 3.28. The number of nitrogens with one attached hydrogen (secondary N) is 1. The molecular weight excluding hydrogens is 234 g/mol. The summed E-state index contributed by atoms with van der Waals surface area (Å²) >= 11 is 0. The molecule has 0 aromatic carbocycles. The number of nitrogens with zero attached hydrogens (tertiary/aromatic N) is 2. The molecule has 1 saturated carbocycles. The van der Waals surface area contributed by atoms with E-state index in [4.69, 9.17) is 0 Å². The maximum Gasteiger partial charge on any atom is 0.0492 e. The predicted octanol–water partition coefficient (Wildman–Crippen LogP) is 3.30. The smallest absolute Gasteiger partial charge is 0.0492 e. The lowest BCUT2D eigenvalue weighted by atomic mass is 9.70. The van der Waals surface area contributed by atoms with Gasteiger partial charge in [0.2, 0.25) is 0 Å². The maximum atomic E-state index is 4.28. The summed E-state index contributed by atoms with van der Waals surface area (Å²) in [6, 6.07) is 2.75. The molecule has 0 saturated heterocycles. The van der Waals surface area contributed by atoms with Crippen LogP contribution in [0.2, 0.25) is 0 Å². The van der Waals surface area contributed by atoms with Crippen LogP contribution >= 0.6 is 0 Å². The Balaban J connectivity index is 1.95. The molecule has 0 amide bonds. The molecule has 0 unspecified atom stereocenters. The molecule has 1 aliphatic rings. The summed E-state index contributed by atoms with van der Waals surface area (Å²) in [6.07, 6.45) is 11.4. The first-order chi connectivity index (χ1) is 9.11. The number of aryl methyl sites for hydroxylation is 2. The third-order valence-corrected chi connectivity index (χ3v) is 4.63. The van der Waals surface area contributed by atoms with Crippen molar-refractivity contribution in [1.29, 1.82) is 0 Å². The molecule has 0 bridgehead atoms. The van der Waals surface area contributed by atoms with Crippen molar-refractivity contribution in [2.24, 2.45) is 12.5 Å². The number of rotatable bonds is 6. The summed E-state index contributed by atoms with van der Waals surface area (Å²) in [4.78, 5) is 0. The Morgan fingerprint density at radius 2 is 2.05 bits per heavy atom. The minimum Gasteiger partial charge on any atom is -0.314 e. The molecule has 1 aromatic rings. The average Bonchev–Trinajstić information content (AvgIpc) is 2.81. The van der Waals surface area contributed by atoms with E-state index in [9.17, 15) is 0 Å². The molecule has 0 spiro atoms. The van der Waals surface area contributed by atoms with Crippen molar-refractivity contribution < 1.29 is 0 Å². The first kappa shape index (κ1) is 14.6. The zero-order valence-electron chi connectivity index (χ0n) is 12.8. The van der Waals surface area contributed by atoms with Crippen LogP contribution in [-0.4, -0.2) is 22.4 Å². The van der Waals surface area contributed by atoms with E-state index in [0.29, 0.717) is 11.5 Å². The van der Waals surface area contributed by atoms with Gasteiger partial charge in [0.05, 0.1) is 0 Å². The van der Waals surface area contributed by atoms with Gasteiger partial charge in [-0.25, -0.2) is 0 Å². The highest BCUT2D eigenvalue weighted by atomic mass is 15.2. The molecule has 1 aromatic heterocycles. The monoisotopic (exact) mass is 263 g/mol. The molecular formula is C16H29N3. The van der Waals surface area contributed by atoms with Crippen molar-refractivity contribution in [2.45, 2.75) is 64.8 Å². The maximum absolute atomic E-state index is 4.28. The first-order valence-corrected chi connectivity index (χ1v) is 7.82. The van der Waals surface area contributed by atoms with Crippen molar-refractivity contribution in [3.05, 3.63) is 18.0 Å². The Labute approximate surface area is 117 Å². The minimum absolute atomic E-state index is 0.521. The van der Waals surface area contributed by atoms with Crippen molar-refractivity contribution in [1.82, 2.24) is 15.1 Å². The van der Waals surface area contributed by atoms with Gasteiger partial charge in [-0.15, -0.1) is 0 Å². The second-order valence-corrected chi connectivity index (χ2v) is 6.54. The second kappa shape index (κ2) is 6.56. The van der Waals surface area contributed by atoms with E-state index in [-0.39, 0.29) is 0 Å². The van der Waals surface area contributed by atoms with Gasteiger partial charge in [0, 0.05) is 31.5 Å². The molecule has 0 atom stereocenters. The van der Waals surface area contributed by atoms with Gasteiger partial charge < -0.3 is 5.32 Å². The van der Waals surface area contributed by atoms with E-state index in [1.807, 2.05) is 10.9 Å². The number of hydrogen-bond donors (Lipinski definition) is 1. The Hall–Kier alpha value is -0.830. The lowest BCUT2D eigenvalue weighted by Crippen LogP contribution is -2.39. The van der Waals surface area contributed by atoms with Crippen LogP contribution in [0.4, 0.5) is 0 Å². The molecule has 1 fully saturated rings. The molecule has 2 rings (SSSR count). The van der Waals surface area contributed by atoms with Crippen LogP contribution in [0, 0.1) is 5.41 Å². The van der Waals surface area contributed by atoms with E-state index in [2.05, 4.69) is 37.4 Å². The predicted molar refractivity (Wildman–Crippen MR) is 80.2 cm³/mol. The van der Waals surface area contributed by atoms with Gasteiger partial charge in [0.25, 0.3) is 0 Å². The van der Waals surface area contributed by atoms with Crippen LogP contribution in [-0.2, 0) is 13.5 Å². The summed E-state index contributed by atoms with van der Waals surface area (Å²) in [7, 11) is 2.05. The molecule has 1 N–H and O–H groups in total. The van der Waals surface area contributed by atoms with Gasteiger partial charge in [0.15, 0.2) is 0 Å². The van der Waals surface area contributed by atoms with Crippen LogP contribution in [0.15, 0.2) is 12.3 Å². The zero-order valence-corrected chi connectivity index (χ0v) is 12.8. The Kier molecular flexibility index (Phi) is 5.03. The van der Waals surface area contributed by atoms with E-state index < -0.39 is 0 Å². The standard InChI is InChI=1S/C16H29N3/c1-14(2)17-13-16(9-5-4-6-10-16)11-7-15-8-12-18-19(15)3/h8,12,14,17H,4-7,9-11,13H2,1-3H3. The Morgan fingerprint density at radius 1 is 1.32 bits per heavy atom. The molecule has 3 heteroatoms. The number of aromatic nitrogens is 2. The molecule has 0 radical (unpaired) electrons. The second-order valence-electron chi connectivity index (χ2n) is 6.54. The minimum atomic E-state index is 0.521. The SMILES string of the molecule is CC(C)NCC1(CCc2ccnn2C)CCCCC1. The normalized spacial score (nSPS) is 18.9. The van der Waals surface area contributed by atoms with E-state index in [0.717, 1.165) is 6.42 Å². The van der Waals surface area contributed by atoms with Crippen LogP contribution < -0.4 is 5.32 Å². The van der Waals surface area contributed by atoms with Gasteiger partial charge in [-0.2, -0.15) is 5.10 Å². The summed E-state index contributed by atoms with van der Waals surface area (Å²) in [5.41, 5.74) is 1.89. The highest BCUT2D eigenvalue weighted by Gasteiger charge is 2.31. The fraction of sp³-hybridized carbons (Fsp3) is 0.812. The molecule has 3 nitrogen and oxygen atoms in total. The topological polar surface area (TPSA) is 29.9 Å². The largest absolute Gasteiger partial charge is 0.314 e. The van der Waals surface area contributed by atoms with Gasteiger partial charge in [-0.3, -0.25) is 4.68 Å². The summed E-state index contributed by atoms with van der Waals surface area (Å²) < 4.78 is 2.02. The van der Waals surface area contributed by atoms with Crippen LogP contribution in [0.1, 0.15) is 58.1 Å². The molecule has 1 aliphatic carbocycles. The van der Waals surface area contributed by atoms with Gasteiger partial charge in [-0.1, -0.05) is 33.1 Å². The summed E-state index contributed by atoms with van der Waals surface area (Å²) in [5.74, 6) is 0. The van der Waals surface area contributed by atoms with Crippen molar-refractivity contribution in [3.63, 3.8) is 0 Å². The summed E-state index contributed by atoms with van der Waals surface area (Å²) in [6.45, 7) is 5.68. The van der Waals surface area contributed by atoms with Crippen LogP contribution in [0.25, 0.3) is 0 Å². The molecule has 19 heavy (non-hydrogen) atoms. The van der Waals surface area contributed by atoms with Gasteiger partial charge in [-0.05, 0) is 37.2 Å². The third-order valence-electron chi connectivity index (χ3n) is 4.63. The highest BCUT2D eigenvalue weighted by molar-refractivity contribution is 5.01. The average molecular weight is 263 g/mol. The number of hydrogen-bond acceptors (Lipinski definition) is 2. The lowest BCUT2D eigenvalue weighted by molar-refractivity contribution is 0.162. The Bertz CT molecular complexity index is 375. The molecule has 108 valence electrons. The fourth-order valence-electron chi connectivity index (χ4n) is 3.28. The quantitative estimate of drug-likeness (QED) is 0.853. The summed E-state index contributed by atoms with van der Waals surface area (Å²) in [5, 5.41) is 7.96. The van der Waals surface area contributed by atoms with E-state index in [1.54, 1.807) is 0 Å². The first-order valence-electron chi connectivity index (χ1n) is 7.82. The van der Waals surface area contributed by atoms with Gasteiger partial charge >= 0.3 is 0 Å². The lowest BCUT2D eigenvalue weighted by Gasteiger charge is -2.38. The molecule has 0 aliphatic heterocycles. The van der Waals surface area contributed by atoms with Crippen molar-refractivity contribution in [2.75, 3.05) is 6.54 Å². The Morgan fingerprint density at radius 3 is 2.63 bits per heavy atom. The zero-order chi connectivity index (χ0) is 13.7. The molecule has 1 heterocycles. The highest BCUT2D eigenvalue weighted by Crippen LogP contribution is 2.39. The van der Waals surface area contributed by atoms with Crippen molar-refractivity contribution >= 4 is 0 Å². The third kappa shape index (κ3) is 4.07.